The maximum Gasteiger partial charge on any atom is 0.0753 e. The fraction of sp³-hybridized carbons (Fsp3) is 0.0455. The van der Waals surface area contributed by atoms with Crippen molar-refractivity contribution in [2.45, 2.75) is 13.8 Å². The zero-order chi connectivity index (χ0) is 33.6. The van der Waals surface area contributed by atoms with Crippen LogP contribution in [-0.4, -0.2) is 29.9 Å². The van der Waals surface area contributed by atoms with Crippen molar-refractivity contribution in [1.29, 1.82) is 0 Å². The number of pyridine rings is 2. The van der Waals surface area contributed by atoms with Crippen molar-refractivity contribution >= 4 is 46.4 Å². The lowest BCUT2D eigenvalue weighted by molar-refractivity contribution is 1.26. The Morgan fingerprint density at radius 2 is 0.740 bits per heavy atom. The lowest BCUT2D eigenvalue weighted by Gasteiger charge is -2.09. The topological polar surface area (TPSA) is 83.1 Å². The second kappa shape index (κ2) is 12.1. The molecule has 0 saturated carbocycles. The third-order valence-corrected chi connectivity index (χ3v) is 9.42. The monoisotopic (exact) mass is 644 g/mol. The van der Waals surface area contributed by atoms with Crippen molar-refractivity contribution in [3.63, 3.8) is 0 Å². The Morgan fingerprint density at radius 3 is 1.12 bits per heavy atom. The Kier molecular flexibility index (Phi) is 7.13. The Labute approximate surface area is 289 Å². The van der Waals surface area contributed by atoms with Crippen LogP contribution in [0.3, 0.4) is 0 Å². The van der Waals surface area contributed by atoms with Gasteiger partial charge in [-0.1, -0.05) is 60.7 Å². The summed E-state index contributed by atoms with van der Waals surface area (Å²) in [5.74, 6) is 0. The number of aromatic nitrogens is 6. The number of benzene rings is 2. The number of H-pyrrole nitrogens is 2. The molecule has 0 radical (unpaired) electrons. The molecule has 2 aliphatic heterocycles. The van der Waals surface area contributed by atoms with Gasteiger partial charge in [-0.2, -0.15) is 0 Å². The van der Waals surface area contributed by atoms with Gasteiger partial charge in [-0.05, 0) is 109 Å². The Hall–Kier alpha value is -6.66. The minimum Gasteiger partial charge on any atom is -0.354 e. The molecular weight excluding hydrogens is 613 g/mol. The molecule has 0 spiro atoms. The first-order chi connectivity index (χ1) is 24.6. The first-order valence-corrected chi connectivity index (χ1v) is 16.7. The average Bonchev–Trinajstić information content (AvgIpc) is 3.98. The lowest BCUT2D eigenvalue weighted by atomic mass is 9.99. The predicted molar refractivity (Wildman–Crippen MR) is 206 cm³/mol. The summed E-state index contributed by atoms with van der Waals surface area (Å²) < 4.78 is 0. The van der Waals surface area contributed by atoms with E-state index in [2.05, 4.69) is 121 Å². The van der Waals surface area contributed by atoms with E-state index in [9.17, 15) is 0 Å². The average molecular weight is 645 g/mol. The molecule has 0 amide bonds. The summed E-state index contributed by atoms with van der Waals surface area (Å²) in [7, 11) is 0. The molecule has 50 heavy (non-hydrogen) atoms. The van der Waals surface area contributed by atoms with Crippen LogP contribution in [0.15, 0.2) is 122 Å². The summed E-state index contributed by atoms with van der Waals surface area (Å²) in [6, 6.07) is 37.5. The molecule has 7 aromatic rings. The van der Waals surface area contributed by atoms with E-state index in [-0.39, 0.29) is 0 Å². The smallest absolute Gasteiger partial charge is 0.0753 e. The van der Waals surface area contributed by atoms with Crippen molar-refractivity contribution in [3.05, 3.63) is 155 Å². The summed E-state index contributed by atoms with van der Waals surface area (Å²) in [6.45, 7) is 4.30. The summed E-state index contributed by atoms with van der Waals surface area (Å²) in [6.07, 6.45) is 12.1. The molecule has 6 nitrogen and oxygen atoms in total. The van der Waals surface area contributed by atoms with Crippen molar-refractivity contribution in [2.75, 3.05) is 0 Å². The van der Waals surface area contributed by atoms with Gasteiger partial charge in [0.2, 0.25) is 0 Å². The molecule has 5 aromatic heterocycles. The van der Waals surface area contributed by atoms with Gasteiger partial charge in [0.25, 0.3) is 0 Å². The molecule has 0 saturated heterocycles. The van der Waals surface area contributed by atoms with E-state index >= 15 is 0 Å². The zero-order valence-electron chi connectivity index (χ0n) is 27.6. The van der Waals surface area contributed by atoms with Crippen LogP contribution in [0.1, 0.15) is 33.9 Å². The SMILES string of the molecule is Cc1ccccc1-c1c2nc(c(-c3ccccc3C)c3ccc([nH]3)c(-c3ccccn3)c3nc(c(-c4ccccn4)c4ccc1[nH]4)C=C3)C=C2. The second-order valence-electron chi connectivity index (χ2n) is 12.6. The highest BCUT2D eigenvalue weighted by Gasteiger charge is 2.20. The van der Waals surface area contributed by atoms with Crippen LogP contribution in [0.4, 0.5) is 0 Å². The van der Waals surface area contributed by atoms with Crippen LogP contribution < -0.4 is 0 Å². The van der Waals surface area contributed by atoms with Gasteiger partial charge in [-0.15, -0.1) is 0 Å². The Bertz CT molecular complexity index is 2480. The first-order valence-electron chi connectivity index (χ1n) is 16.7. The van der Waals surface area contributed by atoms with E-state index in [4.69, 9.17) is 19.9 Å². The summed E-state index contributed by atoms with van der Waals surface area (Å²) >= 11 is 0. The van der Waals surface area contributed by atoms with E-state index < -0.39 is 0 Å². The van der Waals surface area contributed by atoms with Crippen LogP contribution in [0, 0.1) is 13.8 Å². The molecule has 6 heteroatoms. The third kappa shape index (κ3) is 5.06. The molecule has 7 heterocycles. The van der Waals surface area contributed by atoms with Gasteiger partial charge in [0.05, 0.1) is 45.2 Å². The lowest BCUT2D eigenvalue weighted by Crippen LogP contribution is -1.92. The Balaban J connectivity index is 1.50. The molecule has 2 aliphatic rings. The number of hydrogen-bond acceptors (Lipinski definition) is 4. The van der Waals surface area contributed by atoms with Crippen LogP contribution in [-0.2, 0) is 0 Å². The zero-order valence-corrected chi connectivity index (χ0v) is 27.6. The van der Waals surface area contributed by atoms with Crippen molar-refractivity contribution < 1.29 is 0 Å². The first kappa shape index (κ1) is 29.5. The fourth-order valence-corrected chi connectivity index (χ4v) is 7.04. The molecular formula is C44H32N6. The molecule has 238 valence electrons. The summed E-state index contributed by atoms with van der Waals surface area (Å²) in [5.41, 5.74) is 17.3. The van der Waals surface area contributed by atoms with Crippen molar-refractivity contribution in [3.8, 4) is 44.8 Å². The molecule has 9 rings (SSSR count). The molecule has 2 N–H and O–H groups in total. The Morgan fingerprint density at radius 1 is 0.380 bits per heavy atom. The minimum absolute atomic E-state index is 0.817. The number of aromatic amines is 2. The number of nitrogens with one attached hydrogen (secondary N) is 2. The van der Waals surface area contributed by atoms with Gasteiger partial charge < -0.3 is 9.97 Å². The van der Waals surface area contributed by atoms with E-state index in [0.717, 1.165) is 89.6 Å². The summed E-state index contributed by atoms with van der Waals surface area (Å²) in [5, 5.41) is 0. The van der Waals surface area contributed by atoms with E-state index in [1.807, 2.05) is 48.8 Å². The van der Waals surface area contributed by atoms with Gasteiger partial charge >= 0.3 is 0 Å². The van der Waals surface area contributed by atoms with Gasteiger partial charge in [0.1, 0.15) is 0 Å². The van der Waals surface area contributed by atoms with E-state index in [0.29, 0.717) is 0 Å². The predicted octanol–water partition coefficient (Wildman–Crippen LogP) is 10.7. The maximum absolute atomic E-state index is 5.41. The van der Waals surface area contributed by atoms with Gasteiger partial charge in [0.15, 0.2) is 0 Å². The van der Waals surface area contributed by atoms with Gasteiger partial charge in [0, 0.05) is 45.7 Å². The minimum atomic E-state index is 0.817. The van der Waals surface area contributed by atoms with Crippen LogP contribution in [0.25, 0.3) is 91.1 Å². The number of rotatable bonds is 4. The third-order valence-electron chi connectivity index (χ3n) is 9.42. The van der Waals surface area contributed by atoms with Crippen LogP contribution in [0.2, 0.25) is 0 Å². The van der Waals surface area contributed by atoms with E-state index in [1.165, 1.54) is 11.1 Å². The van der Waals surface area contributed by atoms with Crippen LogP contribution in [0.5, 0.6) is 0 Å². The highest BCUT2D eigenvalue weighted by molar-refractivity contribution is 5.99. The molecule has 0 aliphatic carbocycles. The largest absolute Gasteiger partial charge is 0.354 e. The van der Waals surface area contributed by atoms with Gasteiger partial charge in [-0.3, -0.25) is 9.97 Å². The number of aryl methyl sites for hydroxylation is 2. The van der Waals surface area contributed by atoms with Crippen molar-refractivity contribution in [1.82, 2.24) is 29.9 Å². The normalized spacial score (nSPS) is 12.0. The quantitative estimate of drug-likeness (QED) is 0.200. The summed E-state index contributed by atoms with van der Waals surface area (Å²) in [4.78, 5) is 27.9. The number of nitrogens with zero attached hydrogens (tertiary/aromatic N) is 4. The second-order valence-corrected chi connectivity index (χ2v) is 12.6. The maximum atomic E-state index is 5.41. The molecule has 8 bridgehead atoms. The number of fused-ring (bicyclic) bond motifs is 8. The fourth-order valence-electron chi connectivity index (χ4n) is 7.04. The number of hydrogen-bond donors (Lipinski definition) is 2. The van der Waals surface area contributed by atoms with Gasteiger partial charge in [-0.25, -0.2) is 9.97 Å². The highest BCUT2D eigenvalue weighted by Crippen LogP contribution is 2.38. The molecule has 2 aromatic carbocycles. The van der Waals surface area contributed by atoms with Crippen LogP contribution >= 0.6 is 0 Å². The highest BCUT2D eigenvalue weighted by atomic mass is 14.8. The van der Waals surface area contributed by atoms with E-state index in [1.54, 1.807) is 0 Å². The van der Waals surface area contributed by atoms with Crippen molar-refractivity contribution in [2.24, 2.45) is 0 Å². The molecule has 0 atom stereocenters. The molecule has 0 fully saturated rings. The standard InChI is InChI=1S/C44H32N6/c1-27-11-3-5-13-29(27)41-33-17-18-34(47-33)42(30-14-6-4-12-28(30)2)36-20-22-38(49-36)44(32-16-8-10-26-46-32)40-24-23-39(50-40)43(31-15-7-9-25-45-31)37-21-19-35(41)48-37/h3-26,48-49H,1-2H3. The molecule has 0 unspecified atom stereocenters.